The predicted molar refractivity (Wildman–Crippen MR) is 140 cm³/mol. The van der Waals surface area contributed by atoms with Crippen LogP contribution in [0.3, 0.4) is 0 Å². The SMILES string of the molecule is COc1ccc2c(c1C)NC(=O)C2(c1ccc(OC(=O)[C@@H](N)C(C)C)cc1)C1CCCCCC1.Cl. The van der Waals surface area contributed by atoms with Crippen LogP contribution in [0.25, 0.3) is 0 Å². The van der Waals surface area contributed by atoms with Gasteiger partial charge in [0.25, 0.3) is 0 Å². The maximum Gasteiger partial charge on any atom is 0.328 e. The number of carbonyl (C=O) groups is 2. The van der Waals surface area contributed by atoms with E-state index in [1.165, 1.54) is 12.8 Å². The van der Waals surface area contributed by atoms with Gasteiger partial charge in [0, 0.05) is 5.56 Å². The van der Waals surface area contributed by atoms with E-state index in [4.69, 9.17) is 15.2 Å². The highest BCUT2D eigenvalue weighted by molar-refractivity contribution is 6.10. The first-order valence-electron chi connectivity index (χ1n) is 12.4. The molecule has 1 aliphatic heterocycles. The topological polar surface area (TPSA) is 90.6 Å². The summed E-state index contributed by atoms with van der Waals surface area (Å²) in [5, 5.41) is 3.20. The van der Waals surface area contributed by atoms with Gasteiger partial charge in [0.05, 0.1) is 12.8 Å². The second-order valence-corrected chi connectivity index (χ2v) is 9.98. The van der Waals surface area contributed by atoms with Crippen molar-refractivity contribution in [3.63, 3.8) is 0 Å². The Kier molecular flexibility index (Phi) is 8.50. The third-order valence-corrected chi connectivity index (χ3v) is 7.64. The van der Waals surface area contributed by atoms with Crippen molar-refractivity contribution in [2.24, 2.45) is 17.6 Å². The minimum atomic E-state index is -0.784. The van der Waals surface area contributed by atoms with Crippen molar-refractivity contribution < 1.29 is 19.1 Å². The predicted octanol–water partition coefficient (Wildman–Crippen LogP) is 5.52. The van der Waals surface area contributed by atoms with Gasteiger partial charge in [-0.05, 0) is 60.9 Å². The number of halogens is 1. The van der Waals surface area contributed by atoms with Crippen LogP contribution in [0.4, 0.5) is 5.69 Å². The van der Waals surface area contributed by atoms with Crippen molar-refractivity contribution in [1.29, 1.82) is 0 Å². The maximum atomic E-state index is 13.9. The minimum Gasteiger partial charge on any atom is -0.496 e. The third-order valence-electron chi connectivity index (χ3n) is 7.64. The zero-order chi connectivity index (χ0) is 24.5. The molecule has 0 bridgehead atoms. The molecule has 0 spiro atoms. The van der Waals surface area contributed by atoms with Gasteiger partial charge in [-0.15, -0.1) is 12.4 Å². The molecule has 35 heavy (non-hydrogen) atoms. The van der Waals surface area contributed by atoms with E-state index in [0.29, 0.717) is 5.75 Å². The molecular weight excluding hydrogens is 464 g/mol. The van der Waals surface area contributed by atoms with Crippen LogP contribution in [0.1, 0.15) is 69.1 Å². The van der Waals surface area contributed by atoms with Crippen LogP contribution in [0.5, 0.6) is 11.5 Å². The van der Waals surface area contributed by atoms with Gasteiger partial charge in [0.15, 0.2) is 0 Å². The summed E-state index contributed by atoms with van der Waals surface area (Å²) in [6.45, 7) is 5.76. The largest absolute Gasteiger partial charge is 0.496 e. The van der Waals surface area contributed by atoms with Gasteiger partial charge in [0.2, 0.25) is 5.91 Å². The van der Waals surface area contributed by atoms with E-state index in [1.54, 1.807) is 19.2 Å². The molecule has 190 valence electrons. The number of ether oxygens (including phenoxy) is 2. The number of benzene rings is 2. The summed E-state index contributed by atoms with van der Waals surface area (Å²) >= 11 is 0. The lowest BCUT2D eigenvalue weighted by molar-refractivity contribution is -0.136. The van der Waals surface area contributed by atoms with E-state index in [1.807, 2.05) is 45.0 Å². The van der Waals surface area contributed by atoms with E-state index in [9.17, 15) is 9.59 Å². The van der Waals surface area contributed by atoms with Crippen molar-refractivity contribution in [3.8, 4) is 11.5 Å². The molecule has 1 heterocycles. The molecule has 0 aromatic heterocycles. The lowest BCUT2D eigenvalue weighted by atomic mass is 9.64. The van der Waals surface area contributed by atoms with Gasteiger partial charge in [-0.3, -0.25) is 4.79 Å². The zero-order valence-corrected chi connectivity index (χ0v) is 21.9. The van der Waals surface area contributed by atoms with Crippen molar-refractivity contribution >= 4 is 30.0 Å². The number of carbonyl (C=O) groups excluding carboxylic acids is 2. The molecule has 6 nitrogen and oxygen atoms in total. The van der Waals surface area contributed by atoms with Crippen molar-refractivity contribution in [2.45, 2.75) is 70.8 Å². The highest BCUT2D eigenvalue weighted by Crippen LogP contribution is 2.53. The maximum absolute atomic E-state index is 13.9. The minimum absolute atomic E-state index is 0. The number of hydrogen-bond donors (Lipinski definition) is 2. The molecule has 1 saturated carbocycles. The van der Waals surface area contributed by atoms with Crippen molar-refractivity contribution in [2.75, 3.05) is 12.4 Å². The number of methoxy groups -OCH3 is 1. The number of nitrogens with two attached hydrogens (primary N) is 1. The third kappa shape index (κ3) is 4.78. The Morgan fingerprint density at radius 2 is 1.69 bits per heavy atom. The summed E-state index contributed by atoms with van der Waals surface area (Å²) in [6.07, 6.45) is 6.64. The lowest BCUT2D eigenvalue weighted by Gasteiger charge is -2.36. The number of hydrogen-bond acceptors (Lipinski definition) is 5. The van der Waals surface area contributed by atoms with Crippen molar-refractivity contribution in [1.82, 2.24) is 0 Å². The van der Waals surface area contributed by atoms with Crippen LogP contribution in [-0.2, 0) is 15.0 Å². The van der Waals surface area contributed by atoms with Gasteiger partial charge in [0.1, 0.15) is 23.0 Å². The monoisotopic (exact) mass is 500 g/mol. The van der Waals surface area contributed by atoms with Crippen LogP contribution in [0.15, 0.2) is 36.4 Å². The Labute approximate surface area is 214 Å². The zero-order valence-electron chi connectivity index (χ0n) is 21.1. The fourth-order valence-corrected chi connectivity index (χ4v) is 5.62. The summed E-state index contributed by atoms with van der Waals surface area (Å²) in [5.41, 5.74) is 8.89. The molecule has 0 saturated heterocycles. The molecule has 4 rings (SSSR count). The first-order chi connectivity index (χ1) is 16.3. The van der Waals surface area contributed by atoms with Crippen LogP contribution in [-0.4, -0.2) is 25.0 Å². The standard InChI is InChI=1S/C28H36N2O4.ClH/c1-17(2)24(29)26(31)34-21-13-11-20(12-14-21)28(19-9-7-5-6-8-10-19)22-15-16-23(33-4)18(3)25(22)30-27(28)32;/h11-17,19,24H,5-10,29H2,1-4H3,(H,30,32);1H/t24-,28?;/m0./s1. The average molecular weight is 501 g/mol. The van der Waals surface area contributed by atoms with E-state index in [0.717, 1.165) is 53.8 Å². The van der Waals surface area contributed by atoms with Crippen molar-refractivity contribution in [3.05, 3.63) is 53.1 Å². The fourth-order valence-electron chi connectivity index (χ4n) is 5.62. The molecule has 2 atom stereocenters. The summed E-state index contributed by atoms with van der Waals surface area (Å²) in [6, 6.07) is 10.7. The van der Waals surface area contributed by atoms with Gasteiger partial charge in [-0.25, -0.2) is 4.79 Å². The Hall–Kier alpha value is -2.57. The van der Waals surface area contributed by atoms with E-state index >= 15 is 0 Å². The number of anilines is 1. The molecule has 2 aromatic carbocycles. The van der Waals surface area contributed by atoms with Gasteiger partial charge < -0.3 is 20.5 Å². The first kappa shape index (κ1) is 27.0. The number of rotatable bonds is 6. The smallest absolute Gasteiger partial charge is 0.328 e. The molecule has 0 radical (unpaired) electrons. The summed E-state index contributed by atoms with van der Waals surface area (Å²) in [7, 11) is 1.65. The van der Waals surface area contributed by atoms with Crippen LogP contribution < -0.4 is 20.5 Å². The number of amides is 1. The number of esters is 1. The fraction of sp³-hybridized carbons (Fsp3) is 0.500. The van der Waals surface area contributed by atoms with E-state index in [2.05, 4.69) is 5.32 Å². The van der Waals surface area contributed by atoms with Crippen LogP contribution in [0, 0.1) is 18.8 Å². The van der Waals surface area contributed by atoms with Gasteiger partial charge in [-0.1, -0.05) is 57.7 Å². The molecule has 1 unspecified atom stereocenters. The lowest BCUT2D eigenvalue weighted by Crippen LogP contribution is -2.43. The Balaban J connectivity index is 0.00000342. The number of fused-ring (bicyclic) bond motifs is 1. The molecule has 1 aliphatic carbocycles. The highest BCUT2D eigenvalue weighted by Gasteiger charge is 2.53. The Bertz CT molecular complexity index is 1060. The molecule has 2 aliphatic rings. The molecule has 3 N–H and O–H groups in total. The normalized spacial score (nSPS) is 20.9. The molecule has 1 amide bonds. The number of nitrogens with one attached hydrogen (secondary N) is 1. The molecule has 1 fully saturated rings. The average Bonchev–Trinajstić information content (AvgIpc) is 2.97. The van der Waals surface area contributed by atoms with Crippen LogP contribution in [0.2, 0.25) is 0 Å². The second-order valence-electron chi connectivity index (χ2n) is 9.98. The van der Waals surface area contributed by atoms with Gasteiger partial charge >= 0.3 is 5.97 Å². The van der Waals surface area contributed by atoms with Gasteiger partial charge in [-0.2, -0.15) is 0 Å². The summed E-state index contributed by atoms with van der Waals surface area (Å²) < 4.78 is 11.0. The highest BCUT2D eigenvalue weighted by atomic mass is 35.5. The first-order valence-corrected chi connectivity index (χ1v) is 12.4. The molecule has 2 aromatic rings. The molecule has 7 heteroatoms. The van der Waals surface area contributed by atoms with Crippen LogP contribution >= 0.6 is 12.4 Å². The second kappa shape index (κ2) is 11.0. The Morgan fingerprint density at radius 1 is 1.06 bits per heavy atom. The van der Waals surface area contributed by atoms with E-state index in [-0.39, 0.29) is 30.2 Å². The van der Waals surface area contributed by atoms with E-state index < -0.39 is 17.4 Å². The Morgan fingerprint density at radius 3 is 2.26 bits per heavy atom. The summed E-state index contributed by atoms with van der Waals surface area (Å²) in [4.78, 5) is 26.2. The quantitative estimate of drug-likeness (QED) is 0.309. The molecular formula is C28H37ClN2O4. The summed E-state index contributed by atoms with van der Waals surface area (Å²) in [5.74, 6) is 0.936.